The molecule has 150 valence electrons. The van der Waals surface area contributed by atoms with Crippen molar-refractivity contribution in [1.29, 1.82) is 0 Å². The number of hydrogen-bond acceptors (Lipinski definition) is 6. The van der Waals surface area contributed by atoms with E-state index >= 15 is 0 Å². The fourth-order valence-corrected chi connectivity index (χ4v) is 3.76. The van der Waals surface area contributed by atoms with Crippen LogP contribution in [-0.2, 0) is 0 Å². The molecule has 2 aromatic rings. The molecule has 2 aliphatic rings. The van der Waals surface area contributed by atoms with E-state index in [1.54, 1.807) is 44.6 Å². The highest BCUT2D eigenvalue weighted by molar-refractivity contribution is 6.06. The first-order valence-electron chi connectivity index (χ1n) is 9.31. The third-order valence-electron chi connectivity index (χ3n) is 5.18. The van der Waals surface area contributed by atoms with Gasteiger partial charge in [-0.25, -0.2) is 0 Å². The second kappa shape index (κ2) is 7.54. The lowest BCUT2D eigenvalue weighted by Gasteiger charge is -2.37. The number of allylic oxidation sites excluding steroid dienone is 2. The fraction of sp³-hybridized carbons (Fsp3) is 0.261. The molecule has 2 atom stereocenters. The van der Waals surface area contributed by atoms with E-state index in [9.17, 15) is 9.90 Å². The average Bonchev–Trinajstić information content (AvgIpc) is 2.73. The van der Waals surface area contributed by atoms with Gasteiger partial charge in [0.25, 0.3) is 0 Å². The SMILES string of the molecule is C=CC/C=C/c1cc2c(cc1O)OC1COc3cc(OC)c(OC)cc3C1C2=O. The Kier molecular flexibility index (Phi) is 4.92. The Morgan fingerprint density at radius 1 is 1.17 bits per heavy atom. The van der Waals surface area contributed by atoms with Gasteiger partial charge in [-0.05, 0) is 18.6 Å². The topological polar surface area (TPSA) is 74.2 Å². The number of phenolic OH excluding ortho intramolecular Hbond substituents is 1. The Hall–Kier alpha value is -3.41. The molecular weight excluding hydrogens is 372 g/mol. The lowest BCUT2D eigenvalue weighted by atomic mass is 9.81. The summed E-state index contributed by atoms with van der Waals surface area (Å²) in [5, 5.41) is 10.3. The molecule has 6 heteroatoms. The maximum atomic E-state index is 13.4. The van der Waals surface area contributed by atoms with Gasteiger partial charge in [-0.15, -0.1) is 6.58 Å². The molecule has 0 saturated carbocycles. The Morgan fingerprint density at radius 2 is 1.93 bits per heavy atom. The first-order valence-corrected chi connectivity index (χ1v) is 9.31. The van der Waals surface area contributed by atoms with Crippen LogP contribution >= 0.6 is 0 Å². The van der Waals surface area contributed by atoms with E-state index in [2.05, 4.69) is 6.58 Å². The van der Waals surface area contributed by atoms with Gasteiger partial charge in [-0.2, -0.15) is 0 Å². The summed E-state index contributed by atoms with van der Waals surface area (Å²) in [6.07, 6.45) is 5.57. The minimum Gasteiger partial charge on any atom is -0.507 e. The van der Waals surface area contributed by atoms with Crippen molar-refractivity contribution in [3.63, 3.8) is 0 Å². The molecule has 0 bridgehead atoms. The summed E-state index contributed by atoms with van der Waals surface area (Å²) in [6.45, 7) is 3.89. The third kappa shape index (κ3) is 3.20. The van der Waals surface area contributed by atoms with Crippen molar-refractivity contribution in [2.75, 3.05) is 20.8 Å². The summed E-state index contributed by atoms with van der Waals surface area (Å²) in [5.41, 5.74) is 1.69. The fourth-order valence-electron chi connectivity index (χ4n) is 3.76. The van der Waals surface area contributed by atoms with Gasteiger partial charge < -0.3 is 24.1 Å². The second-order valence-corrected chi connectivity index (χ2v) is 6.89. The van der Waals surface area contributed by atoms with Crippen molar-refractivity contribution in [3.05, 3.63) is 59.7 Å². The largest absolute Gasteiger partial charge is 0.507 e. The van der Waals surface area contributed by atoms with Crippen molar-refractivity contribution in [2.24, 2.45) is 0 Å². The van der Waals surface area contributed by atoms with Crippen LogP contribution in [0.5, 0.6) is 28.7 Å². The number of benzene rings is 2. The van der Waals surface area contributed by atoms with Gasteiger partial charge in [0, 0.05) is 23.3 Å². The third-order valence-corrected chi connectivity index (χ3v) is 5.18. The van der Waals surface area contributed by atoms with Crippen LogP contribution in [0, 0.1) is 0 Å². The number of methoxy groups -OCH3 is 2. The second-order valence-electron chi connectivity index (χ2n) is 6.89. The van der Waals surface area contributed by atoms with Crippen LogP contribution in [0.25, 0.3) is 6.08 Å². The Labute approximate surface area is 169 Å². The van der Waals surface area contributed by atoms with Crippen LogP contribution in [0.3, 0.4) is 0 Å². The van der Waals surface area contributed by atoms with Crippen LogP contribution in [0.1, 0.15) is 33.8 Å². The van der Waals surface area contributed by atoms with Gasteiger partial charge in [-0.1, -0.05) is 18.2 Å². The van der Waals surface area contributed by atoms with Crippen LogP contribution in [0.15, 0.2) is 43.0 Å². The molecule has 2 heterocycles. The Balaban J connectivity index is 1.78. The van der Waals surface area contributed by atoms with E-state index in [4.69, 9.17) is 18.9 Å². The van der Waals surface area contributed by atoms with Crippen molar-refractivity contribution in [3.8, 4) is 28.7 Å². The van der Waals surface area contributed by atoms with Gasteiger partial charge in [0.1, 0.15) is 30.0 Å². The van der Waals surface area contributed by atoms with Crippen LogP contribution < -0.4 is 18.9 Å². The number of carbonyl (C=O) groups excluding carboxylic acids is 1. The van der Waals surface area contributed by atoms with Crippen LogP contribution in [-0.4, -0.2) is 37.8 Å². The summed E-state index contributed by atoms with van der Waals surface area (Å²) in [5.74, 6) is 1.45. The van der Waals surface area contributed by atoms with E-state index in [1.807, 2.05) is 6.08 Å². The molecule has 4 rings (SSSR count). The predicted octanol–water partition coefficient (Wildman–Crippen LogP) is 4.12. The summed E-state index contributed by atoms with van der Waals surface area (Å²) >= 11 is 0. The molecule has 0 fully saturated rings. The van der Waals surface area contributed by atoms with Gasteiger partial charge in [0.05, 0.1) is 25.7 Å². The number of hydrogen-bond donors (Lipinski definition) is 1. The number of fused-ring (bicyclic) bond motifs is 4. The molecule has 29 heavy (non-hydrogen) atoms. The zero-order valence-electron chi connectivity index (χ0n) is 16.3. The molecule has 1 N–H and O–H groups in total. The van der Waals surface area contributed by atoms with Crippen molar-refractivity contribution in [2.45, 2.75) is 18.4 Å². The standard InChI is InChI=1S/C23H22O6/c1-4-5-6-7-13-8-15-18(10-16(13)24)29-21-12-28-17-11-20(27-3)19(26-2)9-14(17)22(21)23(15)25/h4,6-11,21-22,24H,1,5,12H2,2-3H3/b7-6+. The maximum absolute atomic E-state index is 13.4. The summed E-state index contributed by atoms with van der Waals surface area (Å²) < 4.78 is 22.6. The van der Waals surface area contributed by atoms with E-state index < -0.39 is 12.0 Å². The summed E-state index contributed by atoms with van der Waals surface area (Å²) in [6, 6.07) is 6.65. The number of carbonyl (C=O) groups is 1. The van der Waals surface area contributed by atoms with Crippen molar-refractivity contribution < 1.29 is 28.8 Å². The lowest BCUT2D eigenvalue weighted by molar-refractivity contribution is 0.0557. The highest BCUT2D eigenvalue weighted by Crippen LogP contribution is 2.47. The van der Waals surface area contributed by atoms with Gasteiger partial charge in [0.2, 0.25) is 0 Å². The maximum Gasteiger partial charge on any atom is 0.178 e. The van der Waals surface area contributed by atoms with Gasteiger partial charge >= 0.3 is 0 Å². The highest BCUT2D eigenvalue weighted by Gasteiger charge is 2.43. The summed E-state index contributed by atoms with van der Waals surface area (Å²) in [4.78, 5) is 13.4. The number of ether oxygens (including phenoxy) is 4. The van der Waals surface area contributed by atoms with E-state index in [-0.39, 0.29) is 18.1 Å². The number of Topliss-reactive ketones (excluding diaryl/α,β-unsaturated/α-hetero) is 1. The monoisotopic (exact) mass is 394 g/mol. The molecular formula is C23H22O6. The Morgan fingerprint density at radius 3 is 2.66 bits per heavy atom. The molecule has 0 radical (unpaired) electrons. The Bertz CT molecular complexity index is 1010. The minimum absolute atomic E-state index is 0.0545. The quantitative estimate of drug-likeness (QED) is 0.769. The zero-order chi connectivity index (χ0) is 20.5. The number of phenols is 1. The molecule has 0 aliphatic carbocycles. The highest BCUT2D eigenvalue weighted by atomic mass is 16.5. The zero-order valence-corrected chi connectivity index (χ0v) is 16.3. The van der Waals surface area contributed by atoms with Crippen molar-refractivity contribution >= 4 is 11.9 Å². The summed E-state index contributed by atoms with van der Waals surface area (Å²) in [7, 11) is 3.10. The molecule has 0 saturated heterocycles. The number of rotatable bonds is 5. The normalized spacial score (nSPS) is 19.4. The molecule has 0 amide bonds. The minimum atomic E-state index is -0.527. The van der Waals surface area contributed by atoms with Gasteiger partial charge in [-0.3, -0.25) is 4.79 Å². The van der Waals surface area contributed by atoms with Crippen LogP contribution in [0.4, 0.5) is 0 Å². The molecule has 0 spiro atoms. The van der Waals surface area contributed by atoms with Gasteiger partial charge in [0.15, 0.2) is 17.3 Å². The first-order chi connectivity index (χ1) is 14.1. The van der Waals surface area contributed by atoms with Crippen molar-refractivity contribution in [1.82, 2.24) is 0 Å². The lowest BCUT2D eigenvalue weighted by Crippen LogP contribution is -2.43. The van der Waals surface area contributed by atoms with E-state index in [0.29, 0.717) is 46.1 Å². The predicted molar refractivity (Wildman–Crippen MR) is 108 cm³/mol. The van der Waals surface area contributed by atoms with E-state index in [0.717, 1.165) is 0 Å². The molecule has 2 unspecified atom stereocenters. The average molecular weight is 394 g/mol. The molecule has 2 aromatic carbocycles. The first kappa shape index (κ1) is 18.9. The molecule has 6 nitrogen and oxygen atoms in total. The smallest absolute Gasteiger partial charge is 0.178 e. The molecule has 0 aromatic heterocycles. The van der Waals surface area contributed by atoms with Crippen LogP contribution in [0.2, 0.25) is 0 Å². The number of ketones is 1. The molecule has 2 aliphatic heterocycles. The van der Waals surface area contributed by atoms with E-state index in [1.165, 1.54) is 6.07 Å². The number of aromatic hydroxyl groups is 1.